The molecule has 8 heteroatoms. The van der Waals surface area contributed by atoms with E-state index in [1.54, 1.807) is 12.3 Å². The van der Waals surface area contributed by atoms with Gasteiger partial charge in [0, 0.05) is 25.8 Å². The predicted octanol–water partition coefficient (Wildman–Crippen LogP) is 3.37. The molecule has 1 rings (SSSR count). The van der Waals surface area contributed by atoms with Crippen molar-refractivity contribution >= 4 is 59.0 Å². The molecule has 0 aliphatic carbocycles. The number of rotatable bonds is 7. The van der Waals surface area contributed by atoms with Gasteiger partial charge >= 0.3 is 0 Å². The van der Waals surface area contributed by atoms with E-state index in [1.807, 2.05) is 0 Å². The van der Waals surface area contributed by atoms with Crippen LogP contribution in [-0.4, -0.2) is 30.6 Å². The second-order valence-electron chi connectivity index (χ2n) is 4.79. The van der Waals surface area contributed by atoms with Gasteiger partial charge in [0.25, 0.3) is 0 Å². The van der Waals surface area contributed by atoms with Gasteiger partial charge in [0.05, 0.1) is 10.0 Å². The fraction of sp³-hybridized carbons (Fsp3) is 0.538. The molecule has 0 saturated heterocycles. The highest BCUT2D eigenvalue weighted by atomic mass is 127. The molecule has 21 heavy (non-hydrogen) atoms. The largest absolute Gasteiger partial charge is 0.370 e. The van der Waals surface area contributed by atoms with Crippen LogP contribution in [0.15, 0.2) is 17.3 Å². The van der Waals surface area contributed by atoms with Crippen LogP contribution < -0.4 is 16.4 Å². The summed E-state index contributed by atoms with van der Waals surface area (Å²) in [6.07, 6.45) is 2.58. The third-order valence-electron chi connectivity index (χ3n) is 2.52. The summed E-state index contributed by atoms with van der Waals surface area (Å²) >= 11 is 11.8. The Balaban J connectivity index is 0.00000400. The molecule has 0 amide bonds. The Morgan fingerprint density at radius 3 is 2.71 bits per heavy atom. The van der Waals surface area contributed by atoms with Crippen molar-refractivity contribution in [2.24, 2.45) is 16.6 Å². The number of guanidine groups is 1. The van der Waals surface area contributed by atoms with Gasteiger partial charge in [0.2, 0.25) is 0 Å². The van der Waals surface area contributed by atoms with Crippen molar-refractivity contribution in [2.45, 2.75) is 20.3 Å². The van der Waals surface area contributed by atoms with E-state index in [9.17, 15) is 0 Å². The standard InChI is InChI=1S/C13H21Cl2N5.HI/c1-9(2)3-4-18-13(16)19-6-5-17-12-11(15)7-10(14)8-20-12;/h7-9H,3-6H2,1-2H3,(H,17,20)(H3,16,18,19);1H. The Morgan fingerprint density at radius 2 is 2.10 bits per heavy atom. The minimum atomic E-state index is 0. The molecule has 0 radical (unpaired) electrons. The van der Waals surface area contributed by atoms with Crippen molar-refractivity contribution in [1.29, 1.82) is 0 Å². The maximum atomic E-state index is 5.99. The fourth-order valence-corrected chi connectivity index (χ4v) is 1.86. The summed E-state index contributed by atoms with van der Waals surface area (Å²) in [5.41, 5.74) is 5.74. The Hall–Kier alpha value is -0.470. The third kappa shape index (κ3) is 9.21. The number of pyridine rings is 1. The number of hydrogen-bond donors (Lipinski definition) is 3. The number of nitrogens with two attached hydrogens (primary N) is 1. The van der Waals surface area contributed by atoms with E-state index in [1.165, 1.54) is 0 Å². The van der Waals surface area contributed by atoms with E-state index in [-0.39, 0.29) is 24.0 Å². The third-order valence-corrected chi connectivity index (χ3v) is 3.01. The maximum Gasteiger partial charge on any atom is 0.188 e. The molecule has 0 bridgehead atoms. The topological polar surface area (TPSA) is 75.3 Å². The minimum Gasteiger partial charge on any atom is -0.370 e. The Bertz CT molecular complexity index is 454. The maximum absolute atomic E-state index is 5.99. The van der Waals surface area contributed by atoms with E-state index in [0.29, 0.717) is 40.8 Å². The van der Waals surface area contributed by atoms with E-state index >= 15 is 0 Å². The predicted molar refractivity (Wildman–Crippen MR) is 102 cm³/mol. The first kappa shape index (κ1) is 20.5. The summed E-state index contributed by atoms with van der Waals surface area (Å²) in [6, 6.07) is 1.65. The number of aliphatic imine (C=N–C) groups is 1. The summed E-state index contributed by atoms with van der Waals surface area (Å²) in [6.45, 7) is 6.33. The molecule has 0 aromatic carbocycles. The molecule has 1 aromatic heterocycles. The number of anilines is 1. The van der Waals surface area contributed by atoms with Crippen molar-refractivity contribution in [2.75, 3.05) is 25.0 Å². The quantitative estimate of drug-likeness (QED) is 0.260. The van der Waals surface area contributed by atoms with Crippen LogP contribution in [-0.2, 0) is 0 Å². The molecule has 5 nitrogen and oxygen atoms in total. The summed E-state index contributed by atoms with van der Waals surface area (Å²) < 4.78 is 0. The zero-order valence-corrected chi connectivity index (χ0v) is 16.0. The number of nitrogens with one attached hydrogen (secondary N) is 2. The summed E-state index contributed by atoms with van der Waals surface area (Å²) in [5.74, 6) is 1.70. The Morgan fingerprint density at radius 1 is 1.38 bits per heavy atom. The highest BCUT2D eigenvalue weighted by Crippen LogP contribution is 2.21. The Kier molecular flexibility index (Phi) is 10.9. The van der Waals surface area contributed by atoms with E-state index in [0.717, 1.165) is 13.0 Å². The number of halogens is 3. The lowest BCUT2D eigenvalue weighted by Crippen LogP contribution is -2.35. The molecule has 0 saturated carbocycles. The van der Waals surface area contributed by atoms with Crippen molar-refractivity contribution in [3.63, 3.8) is 0 Å². The van der Waals surface area contributed by atoms with Gasteiger partial charge in [0.1, 0.15) is 5.82 Å². The SMILES string of the molecule is CC(C)CCN=C(N)NCCNc1ncc(Cl)cc1Cl.I. The molecule has 0 aliphatic rings. The number of aromatic nitrogens is 1. The minimum absolute atomic E-state index is 0. The van der Waals surface area contributed by atoms with Crippen LogP contribution in [0.25, 0.3) is 0 Å². The second kappa shape index (κ2) is 11.1. The highest BCUT2D eigenvalue weighted by molar-refractivity contribution is 14.0. The molecular weight excluding hydrogens is 424 g/mol. The molecular formula is C13H22Cl2IN5. The molecule has 1 heterocycles. The van der Waals surface area contributed by atoms with Gasteiger partial charge in [-0.15, -0.1) is 24.0 Å². The number of hydrogen-bond acceptors (Lipinski definition) is 3. The molecule has 0 fully saturated rings. The molecule has 0 spiro atoms. The molecule has 0 aliphatic heterocycles. The van der Waals surface area contributed by atoms with E-state index in [4.69, 9.17) is 28.9 Å². The van der Waals surface area contributed by atoms with Gasteiger partial charge in [-0.3, -0.25) is 4.99 Å². The Labute approximate surface area is 153 Å². The van der Waals surface area contributed by atoms with Crippen LogP contribution in [0.5, 0.6) is 0 Å². The second-order valence-corrected chi connectivity index (χ2v) is 5.63. The van der Waals surface area contributed by atoms with Gasteiger partial charge in [-0.05, 0) is 18.4 Å². The molecule has 1 aromatic rings. The molecule has 4 N–H and O–H groups in total. The average Bonchev–Trinajstić information content (AvgIpc) is 2.36. The van der Waals surface area contributed by atoms with Crippen LogP contribution in [0.3, 0.4) is 0 Å². The number of nitrogens with zero attached hydrogens (tertiary/aromatic N) is 2. The lowest BCUT2D eigenvalue weighted by Gasteiger charge is -2.09. The van der Waals surface area contributed by atoms with Gasteiger partial charge in [-0.2, -0.15) is 0 Å². The first-order valence-electron chi connectivity index (χ1n) is 6.57. The van der Waals surface area contributed by atoms with Gasteiger partial charge in [-0.25, -0.2) is 4.98 Å². The molecule has 0 unspecified atom stereocenters. The van der Waals surface area contributed by atoms with Gasteiger partial charge < -0.3 is 16.4 Å². The zero-order chi connectivity index (χ0) is 15.0. The van der Waals surface area contributed by atoms with Crippen LogP contribution >= 0.6 is 47.2 Å². The summed E-state index contributed by atoms with van der Waals surface area (Å²) in [5, 5.41) is 7.13. The first-order valence-corrected chi connectivity index (χ1v) is 7.33. The van der Waals surface area contributed by atoms with Crippen molar-refractivity contribution in [1.82, 2.24) is 10.3 Å². The average molecular weight is 446 g/mol. The van der Waals surface area contributed by atoms with Crippen molar-refractivity contribution in [3.8, 4) is 0 Å². The monoisotopic (exact) mass is 445 g/mol. The lowest BCUT2D eigenvalue weighted by atomic mass is 10.1. The molecule has 120 valence electrons. The van der Waals surface area contributed by atoms with E-state index < -0.39 is 0 Å². The molecule has 0 atom stereocenters. The normalized spacial score (nSPS) is 11.2. The highest BCUT2D eigenvalue weighted by Gasteiger charge is 2.01. The van der Waals surface area contributed by atoms with Crippen LogP contribution in [0.2, 0.25) is 10.0 Å². The fourth-order valence-electron chi connectivity index (χ4n) is 1.42. The zero-order valence-electron chi connectivity index (χ0n) is 12.2. The first-order chi connectivity index (χ1) is 9.49. The summed E-state index contributed by atoms with van der Waals surface area (Å²) in [7, 11) is 0. The lowest BCUT2D eigenvalue weighted by molar-refractivity contribution is 0.595. The van der Waals surface area contributed by atoms with Crippen molar-refractivity contribution < 1.29 is 0 Å². The van der Waals surface area contributed by atoms with Gasteiger partial charge in [0.15, 0.2) is 5.96 Å². The summed E-state index contributed by atoms with van der Waals surface area (Å²) in [4.78, 5) is 8.33. The van der Waals surface area contributed by atoms with Gasteiger partial charge in [-0.1, -0.05) is 37.0 Å². The smallest absolute Gasteiger partial charge is 0.188 e. The van der Waals surface area contributed by atoms with Crippen molar-refractivity contribution in [3.05, 3.63) is 22.3 Å². The van der Waals surface area contributed by atoms with Crippen LogP contribution in [0.4, 0.5) is 5.82 Å². The van der Waals surface area contributed by atoms with E-state index in [2.05, 4.69) is 34.5 Å². The van der Waals surface area contributed by atoms with Crippen LogP contribution in [0, 0.1) is 5.92 Å². The van der Waals surface area contributed by atoms with Crippen LogP contribution in [0.1, 0.15) is 20.3 Å².